The predicted octanol–water partition coefficient (Wildman–Crippen LogP) is 1.39. The molecule has 0 aliphatic heterocycles. The summed E-state index contributed by atoms with van der Waals surface area (Å²) < 4.78 is 0. The molecule has 0 radical (unpaired) electrons. The van der Waals surface area contributed by atoms with E-state index in [4.69, 9.17) is 11.5 Å². The molecule has 1 rings (SSSR count). The topological polar surface area (TPSA) is 72.3 Å². The first-order valence-electron chi connectivity index (χ1n) is 4.50. The molecule has 1 aromatic rings. The lowest BCUT2D eigenvalue weighted by Gasteiger charge is -2.11. The van der Waals surface area contributed by atoms with Crippen LogP contribution in [0.15, 0.2) is 12.1 Å². The molecule has 0 spiro atoms. The van der Waals surface area contributed by atoms with Crippen LogP contribution in [-0.2, 0) is 13.0 Å². The Bertz CT molecular complexity index is 297. The van der Waals surface area contributed by atoms with E-state index in [1.54, 1.807) is 12.1 Å². The highest BCUT2D eigenvalue weighted by Gasteiger charge is 2.08. The second-order valence-corrected chi connectivity index (χ2v) is 3.09. The zero-order valence-electron chi connectivity index (χ0n) is 7.88. The Morgan fingerprint density at radius 3 is 2.54 bits per heavy atom. The second kappa shape index (κ2) is 4.14. The molecule has 3 nitrogen and oxygen atoms in total. The van der Waals surface area contributed by atoms with Crippen LogP contribution in [0.3, 0.4) is 0 Å². The van der Waals surface area contributed by atoms with Gasteiger partial charge in [0.15, 0.2) is 0 Å². The van der Waals surface area contributed by atoms with Crippen molar-refractivity contribution in [3.8, 4) is 5.75 Å². The zero-order chi connectivity index (χ0) is 9.84. The van der Waals surface area contributed by atoms with Gasteiger partial charge in [-0.2, -0.15) is 0 Å². The van der Waals surface area contributed by atoms with Crippen LogP contribution >= 0.6 is 0 Å². The van der Waals surface area contributed by atoms with E-state index >= 15 is 0 Å². The molecule has 0 aliphatic rings. The Balaban J connectivity index is 3.18. The molecule has 5 N–H and O–H groups in total. The van der Waals surface area contributed by atoms with Crippen LogP contribution in [0.25, 0.3) is 0 Å². The van der Waals surface area contributed by atoms with E-state index in [0.717, 1.165) is 24.0 Å². The summed E-state index contributed by atoms with van der Waals surface area (Å²) in [6, 6.07) is 3.32. The van der Waals surface area contributed by atoms with Crippen LogP contribution in [0.2, 0.25) is 0 Å². The third-order valence-corrected chi connectivity index (χ3v) is 2.15. The van der Waals surface area contributed by atoms with Crippen molar-refractivity contribution in [1.82, 2.24) is 0 Å². The SMILES string of the molecule is CCCc1c(O)ccc(N)c1CN. The summed E-state index contributed by atoms with van der Waals surface area (Å²) in [6.07, 6.45) is 1.80. The fourth-order valence-electron chi connectivity index (χ4n) is 1.47. The summed E-state index contributed by atoms with van der Waals surface area (Å²) in [7, 11) is 0. The van der Waals surface area contributed by atoms with Gasteiger partial charge in [-0.1, -0.05) is 13.3 Å². The molecule has 0 saturated carbocycles. The van der Waals surface area contributed by atoms with Crippen molar-refractivity contribution in [2.45, 2.75) is 26.3 Å². The molecular formula is C10H16N2O. The molecule has 1 aromatic carbocycles. The van der Waals surface area contributed by atoms with Crippen LogP contribution in [0.5, 0.6) is 5.75 Å². The van der Waals surface area contributed by atoms with Crippen LogP contribution in [-0.4, -0.2) is 5.11 Å². The van der Waals surface area contributed by atoms with Gasteiger partial charge < -0.3 is 16.6 Å². The van der Waals surface area contributed by atoms with Crippen molar-refractivity contribution in [3.05, 3.63) is 23.3 Å². The molecular weight excluding hydrogens is 164 g/mol. The second-order valence-electron chi connectivity index (χ2n) is 3.09. The largest absolute Gasteiger partial charge is 0.508 e. The average Bonchev–Trinajstić information content (AvgIpc) is 2.12. The first-order valence-corrected chi connectivity index (χ1v) is 4.50. The minimum absolute atomic E-state index is 0.302. The summed E-state index contributed by atoms with van der Waals surface area (Å²) in [5, 5.41) is 9.57. The monoisotopic (exact) mass is 180 g/mol. The quantitative estimate of drug-likeness (QED) is 0.486. The molecule has 0 fully saturated rings. The van der Waals surface area contributed by atoms with Gasteiger partial charge in [0.05, 0.1) is 0 Å². The number of nitrogen functional groups attached to an aromatic ring is 1. The highest BCUT2D eigenvalue weighted by atomic mass is 16.3. The molecule has 72 valence electrons. The Morgan fingerprint density at radius 1 is 1.31 bits per heavy atom. The van der Waals surface area contributed by atoms with Crippen LogP contribution in [0.4, 0.5) is 5.69 Å². The summed E-state index contributed by atoms with van der Waals surface area (Å²) in [5.74, 6) is 0.302. The van der Waals surface area contributed by atoms with Crippen molar-refractivity contribution in [1.29, 1.82) is 0 Å². The zero-order valence-corrected chi connectivity index (χ0v) is 7.88. The molecule has 0 unspecified atom stereocenters. The highest BCUT2D eigenvalue weighted by molar-refractivity contribution is 5.56. The summed E-state index contributed by atoms with van der Waals surface area (Å²) in [5.41, 5.74) is 13.7. The molecule has 0 heterocycles. The molecule has 0 aliphatic carbocycles. The molecule has 0 atom stereocenters. The number of benzene rings is 1. The number of nitrogens with two attached hydrogens (primary N) is 2. The van der Waals surface area contributed by atoms with E-state index in [2.05, 4.69) is 6.92 Å². The maximum absolute atomic E-state index is 9.57. The van der Waals surface area contributed by atoms with E-state index in [-0.39, 0.29) is 0 Å². The molecule has 3 heteroatoms. The van der Waals surface area contributed by atoms with Crippen molar-refractivity contribution in [3.63, 3.8) is 0 Å². The Labute approximate surface area is 78.4 Å². The van der Waals surface area contributed by atoms with E-state index < -0.39 is 0 Å². The van der Waals surface area contributed by atoms with Crippen molar-refractivity contribution in [2.75, 3.05) is 5.73 Å². The summed E-state index contributed by atoms with van der Waals surface area (Å²) >= 11 is 0. The maximum atomic E-state index is 9.57. The maximum Gasteiger partial charge on any atom is 0.119 e. The van der Waals surface area contributed by atoms with E-state index in [1.165, 1.54) is 0 Å². The predicted molar refractivity (Wildman–Crippen MR) is 54.4 cm³/mol. The minimum Gasteiger partial charge on any atom is -0.508 e. The van der Waals surface area contributed by atoms with E-state index in [0.29, 0.717) is 18.0 Å². The van der Waals surface area contributed by atoms with Gasteiger partial charge in [-0.05, 0) is 24.1 Å². The molecule has 0 bridgehead atoms. The lowest BCUT2D eigenvalue weighted by atomic mass is 10.0. The van der Waals surface area contributed by atoms with Crippen LogP contribution in [0.1, 0.15) is 24.5 Å². The van der Waals surface area contributed by atoms with Gasteiger partial charge in [-0.3, -0.25) is 0 Å². The van der Waals surface area contributed by atoms with Gasteiger partial charge in [-0.25, -0.2) is 0 Å². The van der Waals surface area contributed by atoms with Crippen LogP contribution in [0, 0.1) is 0 Å². The first-order chi connectivity index (χ1) is 6.20. The number of aromatic hydroxyl groups is 1. The number of rotatable bonds is 3. The normalized spacial score (nSPS) is 10.3. The molecule has 13 heavy (non-hydrogen) atoms. The third kappa shape index (κ3) is 1.92. The van der Waals surface area contributed by atoms with Gasteiger partial charge in [0.25, 0.3) is 0 Å². The number of anilines is 1. The van der Waals surface area contributed by atoms with Gasteiger partial charge in [-0.15, -0.1) is 0 Å². The molecule has 0 amide bonds. The fraction of sp³-hybridized carbons (Fsp3) is 0.400. The summed E-state index contributed by atoms with van der Waals surface area (Å²) in [6.45, 7) is 2.44. The minimum atomic E-state index is 0.302. The molecule has 0 saturated heterocycles. The Kier molecular flexibility index (Phi) is 3.14. The van der Waals surface area contributed by atoms with Gasteiger partial charge in [0.1, 0.15) is 5.75 Å². The fourth-order valence-corrected chi connectivity index (χ4v) is 1.47. The Hall–Kier alpha value is -1.22. The number of phenolic OH excluding ortho intramolecular Hbond substituents is 1. The molecule has 0 aromatic heterocycles. The number of phenols is 1. The van der Waals surface area contributed by atoms with Gasteiger partial charge in [0, 0.05) is 17.8 Å². The van der Waals surface area contributed by atoms with Gasteiger partial charge >= 0.3 is 0 Å². The van der Waals surface area contributed by atoms with E-state index in [1.807, 2.05) is 0 Å². The van der Waals surface area contributed by atoms with Crippen LogP contribution < -0.4 is 11.5 Å². The van der Waals surface area contributed by atoms with Crippen molar-refractivity contribution in [2.24, 2.45) is 5.73 Å². The lowest BCUT2D eigenvalue weighted by molar-refractivity contribution is 0.466. The first kappa shape index (κ1) is 9.86. The Morgan fingerprint density at radius 2 is 2.00 bits per heavy atom. The smallest absolute Gasteiger partial charge is 0.119 e. The highest BCUT2D eigenvalue weighted by Crippen LogP contribution is 2.26. The van der Waals surface area contributed by atoms with Gasteiger partial charge in [0.2, 0.25) is 0 Å². The van der Waals surface area contributed by atoms with Crippen molar-refractivity contribution < 1.29 is 5.11 Å². The number of hydrogen-bond donors (Lipinski definition) is 3. The lowest BCUT2D eigenvalue weighted by Crippen LogP contribution is -2.06. The summed E-state index contributed by atoms with van der Waals surface area (Å²) in [4.78, 5) is 0. The standard InChI is InChI=1S/C10H16N2O/c1-2-3-7-8(6-11)9(12)4-5-10(7)13/h4-5,13H,2-3,6,11-12H2,1H3. The number of hydrogen-bond acceptors (Lipinski definition) is 3. The average molecular weight is 180 g/mol. The third-order valence-electron chi connectivity index (χ3n) is 2.15. The van der Waals surface area contributed by atoms with E-state index in [9.17, 15) is 5.11 Å². The van der Waals surface area contributed by atoms with Crippen molar-refractivity contribution >= 4 is 5.69 Å².